The van der Waals surface area contributed by atoms with Gasteiger partial charge in [0.1, 0.15) is 0 Å². The minimum absolute atomic E-state index is 0.673. The number of rotatable bonds is 7. The summed E-state index contributed by atoms with van der Waals surface area (Å²) in [7, 11) is 0. The molecule has 2 atom stereocenters. The van der Waals surface area contributed by atoms with Gasteiger partial charge in [0.2, 0.25) is 0 Å². The molecule has 2 fully saturated rings. The van der Waals surface area contributed by atoms with Gasteiger partial charge < -0.3 is 15.1 Å². The number of hydrogen-bond acceptors (Lipinski definition) is 3. The van der Waals surface area contributed by atoms with Gasteiger partial charge in [0.25, 0.3) is 0 Å². The van der Waals surface area contributed by atoms with Crippen molar-refractivity contribution < 1.29 is 0 Å². The van der Waals surface area contributed by atoms with E-state index in [1.165, 1.54) is 71.2 Å². The Morgan fingerprint density at radius 1 is 1.00 bits per heavy atom. The van der Waals surface area contributed by atoms with Gasteiger partial charge in [-0.15, -0.1) is 0 Å². The Kier molecular flexibility index (Phi) is 7.48. The molecule has 3 nitrogen and oxygen atoms in total. The van der Waals surface area contributed by atoms with Gasteiger partial charge in [0.05, 0.1) is 0 Å². The Bertz CT molecular complexity index is 268. The van der Waals surface area contributed by atoms with Crippen molar-refractivity contribution in [1.82, 2.24) is 15.1 Å². The standard InChI is InChI=1S/C18H37N3/c1-4-16(3)18(19-5-2)15-20-13-9-17(10-14-20)21-11-7-6-8-12-21/h16-19H,4-15H2,1-3H3. The van der Waals surface area contributed by atoms with Gasteiger partial charge in [0.15, 0.2) is 0 Å². The van der Waals surface area contributed by atoms with E-state index in [0.717, 1.165) is 18.5 Å². The van der Waals surface area contributed by atoms with Gasteiger partial charge in [-0.2, -0.15) is 0 Å². The summed E-state index contributed by atoms with van der Waals surface area (Å²) in [6, 6.07) is 1.55. The van der Waals surface area contributed by atoms with Crippen LogP contribution in [0.15, 0.2) is 0 Å². The molecule has 2 rings (SSSR count). The topological polar surface area (TPSA) is 18.5 Å². The van der Waals surface area contributed by atoms with E-state index in [9.17, 15) is 0 Å². The van der Waals surface area contributed by atoms with Crippen molar-refractivity contribution in [1.29, 1.82) is 0 Å². The number of hydrogen-bond donors (Lipinski definition) is 1. The quantitative estimate of drug-likeness (QED) is 0.779. The van der Waals surface area contributed by atoms with E-state index in [1.54, 1.807) is 0 Å². The molecule has 21 heavy (non-hydrogen) atoms. The molecule has 3 heteroatoms. The van der Waals surface area contributed by atoms with Crippen LogP contribution in [0.4, 0.5) is 0 Å². The molecule has 0 radical (unpaired) electrons. The normalized spacial score (nSPS) is 25.9. The largest absolute Gasteiger partial charge is 0.313 e. The second kappa shape index (κ2) is 9.12. The lowest BCUT2D eigenvalue weighted by atomic mass is 9.96. The number of piperidine rings is 2. The van der Waals surface area contributed by atoms with Gasteiger partial charge in [-0.05, 0) is 64.3 Å². The third-order valence-electron chi connectivity index (χ3n) is 5.72. The highest BCUT2D eigenvalue weighted by molar-refractivity contribution is 4.84. The fourth-order valence-corrected chi connectivity index (χ4v) is 4.02. The van der Waals surface area contributed by atoms with Gasteiger partial charge >= 0.3 is 0 Å². The summed E-state index contributed by atoms with van der Waals surface area (Å²) in [6.45, 7) is 14.6. The van der Waals surface area contributed by atoms with Crippen LogP contribution in [-0.4, -0.2) is 61.2 Å². The zero-order chi connectivity index (χ0) is 15.1. The van der Waals surface area contributed by atoms with Gasteiger partial charge in [-0.25, -0.2) is 0 Å². The molecule has 0 aromatic carbocycles. The Morgan fingerprint density at radius 3 is 2.24 bits per heavy atom. The Labute approximate surface area is 132 Å². The summed E-state index contributed by atoms with van der Waals surface area (Å²) >= 11 is 0. The molecule has 2 saturated heterocycles. The van der Waals surface area contributed by atoms with E-state index >= 15 is 0 Å². The molecule has 124 valence electrons. The monoisotopic (exact) mass is 295 g/mol. The molecule has 0 spiro atoms. The highest BCUT2D eigenvalue weighted by atomic mass is 15.2. The molecule has 0 aromatic rings. The highest BCUT2D eigenvalue weighted by Gasteiger charge is 2.27. The van der Waals surface area contributed by atoms with Crippen molar-refractivity contribution in [3.05, 3.63) is 0 Å². The van der Waals surface area contributed by atoms with E-state index in [2.05, 4.69) is 35.9 Å². The molecule has 2 unspecified atom stereocenters. The predicted molar refractivity (Wildman–Crippen MR) is 91.8 cm³/mol. The summed E-state index contributed by atoms with van der Waals surface area (Å²) in [4.78, 5) is 5.48. The predicted octanol–water partition coefficient (Wildman–Crippen LogP) is 2.96. The number of likely N-dealkylation sites (tertiary alicyclic amines) is 2. The Hall–Kier alpha value is -0.120. The van der Waals surface area contributed by atoms with Crippen molar-refractivity contribution in [3.8, 4) is 0 Å². The summed E-state index contributed by atoms with van der Waals surface area (Å²) in [5.74, 6) is 0.782. The Balaban J connectivity index is 1.74. The zero-order valence-corrected chi connectivity index (χ0v) is 14.6. The van der Waals surface area contributed by atoms with E-state index < -0.39 is 0 Å². The van der Waals surface area contributed by atoms with E-state index in [-0.39, 0.29) is 0 Å². The van der Waals surface area contributed by atoms with Crippen molar-refractivity contribution in [2.24, 2.45) is 5.92 Å². The Morgan fingerprint density at radius 2 is 1.67 bits per heavy atom. The summed E-state index contributed by atoms with van der Waals surface area (Å²) in [5, 5.41) is 3.70. The lowest BCUT2D eigenvalue weighted by Crippen LogP contribution is -2.51. The van der Waals surface area contributed by atoms with Crippen molar-refractivity contribution in [2.75, 3.05) is 39.3 Å². The SMILES string of the molecule is CCNC(CN1CCC(N2CCCCC2)CC1)C(C)CC. The van der Waals surface area contributed by atoms with Crippen LogP contribution in [0.25, 0.3) is 0 Å². The second-order valence-electron chi connectivity index (χ2n) is 7.18. The average molecular weight is 296 g/mol. The molecule has 0 aliphatic carbocycles. The first-order valence-electron chi connectivity index (χ1n) is 9.44. The van der Waals surface area contributed by atoms with Crippen LogP contribution in [0.5, 0.6) is 0 Å². The average Bonchev–Trinajstić information content (AvgIpc) is 2.55. The summed E-state index contributed by atoms with van der Waals surface area (Å²) in [5.41, 5.74) is 0. The molecule has 2 aliphatic heterocycles. The maximum Gasteiger partial charge on any atom is 0.0220 e. The fourth-order valence-electron chi connectivity index (χ4n) is 4.02. The van der Waals surface area contributed by atoms with Crippen LogP contribution in [0.1, 0.15) is 59.3 Å². The zero-order valence-electron chi connectivity index (χ0n) is 14.6. The van der Waals surface area contributed by atoms with E-state index in [0.29, 0.717) is 6.04 Å². The first-order chi connectivity index (χ1) is 10.2. The number of nitrogens with one attached hydrogen (secondary N) is 1. The number of likely N-dealkylation sites (N-methyl/N-ethyl adjacent to an activating group) is 1. The third kappa shape index (κ3) is 5.22. The minimum atomic E-state index is 0.673. The number of nitrogens with zero attached hydrogens (tertiary/aromatic N) is 2. The molecule has 2 heterocycles. The smallest absolute Gasteiger partial charge is 0.0220 e. The summed E-state index contributed by atoms with van der Waals surface area (Å²) < 4.78 is 0. The summed E-state index contributed by atoms with van der Waals surface area (Å²) in [6.07, 6.45) is 8.36. The van der Waals surface area contributed by atoms with Crippen molar-refractivity contribution in [2.45, 2.75) is 71.4 Å². The lowest BCUT2D eigenvalue weighted by molar-refractivity contribution is 0.0844. The van der Waals surface area contributed by atoms with Crippen LogP contribution < -0.4 is 5.32 Å². The van der Waals surface area contributed by atoms with Crippen LogP contribution in [0.2, 0.25) is 0 Å². The highest BCUT2D eigenvalue weighted by Crippen LogP contribution is 2.21. The van der Waals surface area contributed by atoms with Crippen LogP contribution in [0, 0.1) is 5.92 Å². The van der Waals surface area contributed by atoms with Gasteiger partial charge in [0, 0.05) is 18.6 Å². The molecule has 2 aliphatic rings. The molecule has 0 bridgehead atoms. The molecule has 0 amide bonds. The fraction of sp³-hybridized carbons (Fsp3) is 1.00. The van der Waals surface area contributed by atoms with Crippen molar-refractivity contribution in [3.63, 3.8) is 0 Å². The maximum atomic E-state index is 3.70. The third-order valence-corrected chi connectivity index (χ3v) is 5.72. The molecule has 1 N–H and O–H groups in total. The maximum absolute atomic E-state index is 3.70. The molecule has 0 aromatic heterocycles. The van der Waals surface area contributed by atoms with E-state index in [1.807, 2.05) is 0 Å². The molecular weight excluding hydrogens is 258 g/mol. The van der Waals surface area contributed by atoms with Crippen LogP contribution in [-0.2, 0) is 0 Å². The van der Waals surface area contributed by atoms with E-state index in [4.69, 9.17) is 0 Å². The molecule has 0 saturated carbocycles. The van der Waals surface area contributed by atoms with Crippen LogP contribution in [0.3, 0.4) is 0 Å². The van der Waals surface area contributed by atoms with Gasteiger partial charge in [-0.3, -0.25) is 0 Å². The van der Waals surface area contributed by atoms with Crippen molar-refractivity contribution >= 4 is 0 Å². The van der Waals surface area contributed by atoms with Gasteiger partial charge in [-0.1, -0.05) is 33.6 Å². The lowest BCUT2D eigenvalue weighted by Gasteiger charge is -2.41. The molecular formula is C18H37N3. The van der Waals surface area contributed by atoms with Crippen LogP contribution >= 0.6 is 0 Å². The second-order valence-corrected chi connectivity index (χ2v) is 7.18. The minimum Gasteiger partial charge on any atom is -0.313 e. The first-order valence-corrected chi connectivity index (χ1v) is 9.44. The first kappa shape index (κ1) is 17.2.